The first kappa shape index (κ1) is 5.56. The van der Waals surface area contributed by atoms with Crippen molar-refractivity contribution >= 4 is 38.2 Å². The maximum absolute atomic E-state index is 3.97. The molecule has 0 radical (unpaired) electrons. The van der Waals surface area contributed by atoms with Crippen molar-refractivity contribution in [3.8, 4) is 0 Å². The minimum Gasteiger partial charge on any atom is -0.372 e. The van der Waals surface area contributed by atoms with E-state index in [1.807, 2.05) is 0 Å². The van der Waals surface area contributed by atoms with E-state index in [9.17, 15) is 0 Å². The van der Waals surface area contributed by atoms with Gasteiger partial charge >= 0.3 is 0 Å². The Morgan fingerprint density at radius 3 is 2.57 bits per heavy atom. The largest absolute Gasteiger partial charge is 0.372 e. The number of nitrogens with one attached hydrogen (secondary N) is 1. The van der Waals surface area contributed by atoms with Gasteiger partial charge in [-0.1, -0.05) is 0 Å². The first-order valence-corrected chi connectivity index (χ1v) is 3.44. The first-order valence-electron chi connectivity index (χ1n) is 1.86. The van der Waals surface area contributed by atoms with Crippen LogP contribution in [0, 0.1) is 0 Å². The van der Waals surface area contributed by atoms with E-state index in [1.165, 1.54) is 0 Å². The van der Waals surface area contributed by atoms with Crippen LogP contribution in [-0.4, -0.2) is 16.2 Å². The molecule has 0 aromatic heterocycles. The molecule has 4 heteroatoms. The summed E-state index contributed by atoms with van der Waals surface area (Å²) in [5.74, 6) is 0. The highest BCUT2D eigenvalue weighted by Gasteiger charge is 2.22. The second kappa shape index (κ2) is 1.74. The Hall–Kier alpha value is 0.430. The van der Waals surface area contributed by atoms with Gasteiger partial charge in [0.15, 0.2) is 3.36 Å². The number of alkyl halides is 2. The summed E-state index contributed by atoms with van der Waals surface area (Å²) in [6.45, 7) is 0.812. The molecule has 1 heterocycles. The van der Waals surface area contributed by atoms with E-state index >= 15 is 0 Å². The zero-order valence-electron chi connectivity index (χ0n) is 3.49. The molecule has 0 fully saturated rings. The summed E-state index contributed by atoms with van der Waals surface area (Å²) in [7, 11) is 0. The predicted molar refractivity (Wildman–Crippen MR) is 37.1 cm³/mol. The minimum atomic E-state index is -0.222. The summed E-state index contributed by atoms with van der Waals surface area (Å²) in [5.41, 5.74) is 0. The van der Waals surface area contributed by atoms with E-state index in [-0.39, 0.29) is 3.36 Å². The van der Waals surface area contributed by atoms with Crippen molar-refractivity contribution in [2.45, 2.75) is 3.36 Å². The highest BCUT2D eigenvalue weighted by molar-refractivity contribution is 9.25. The summed E-state index contributed by atoms with van der Waals surface area (Å²) in [5, 5.41) is 2.93. The summed E-state index contributed by atoms with van der Waals surface area (Å²) in [6.07, 6.45) is 1.67. The SMILES string of the molecule is BrC1(Br)CNC=N1. The number of nitrogens with zero attached hydrogens (tertiary/aromatic N) is 1. The Bertz CT molecular complexity index is 99.1. The van der Waals surface area contributed by atoms with Gasteiger partial charge in [-0.05, 0) is 31.9 Å². The smallest absolute Gasteiger partial charge is 0.188 e. The van der Waals surface area contributed by atoms with Crippen LogP contribution in [0.1, 0.15) is 0 Å². The van der Waals surface area contributed by atoms with Crippen LogP contribution in [0.25, 0.3) is 0 Å². The first-order chi connectivity index (χ1) is 3.21. The summed E-state index contributed by atoms with van der Waals surface area (Å²) >= 11 is 6.60. The number of aliphatic imine (C=N–C) groups is 1. The molecular formula is C3H4Br2N2. The molecule has 1 aliphatic rings. The van der Waals surface area contributed by atoms with Gasteiger partial charge in [0, 0.05) is 0 Å². The minimum absolute atomic E-state index is 0.222. The van der Waals surface area contributed by atoms with Crippen molar-refractivity contribution in [3.05, 3.63) is 0 Å². The van der Waals surface area contributed by atoms with Gasteiger partial charge < -0.3 is 5.32 Å². The predicted octanol–water partition coefficient (Wildman–Crippen LogP) is 1.06. The molecule has 0 unspecified atom stereocenters. The Labute approximate surface area is 58.6 Å². The molecular weight excluding hydrogens is 224 g/mol. The molecule has 1 aliphatic heterocycles. The van der Waals surface area contributed by atoms with Crippen LogP contribution in [0.4, 0.5) is 0 Å². The van der Waals surface area contributed by atoms with Crippen LogP contribution >= 0.6 is 31.9 Å². The van der Waals surface area contributed by atoms with Gasteiger partial charge in [-0.25, -0.2) is 4.99 Å². The van der Waals surface area contributed by atoms with Crippen molar-refractivity contribution in [1.29, 1.82) is 0 Å². The molecule has 0 aliphatic carbocycles. The summed E-state index contributed by atoms with van der Waals surface area (Å²) in [4.78, 5) is 3.97. The molecule has 0 spiro atoms. The van der Waals surface area contributed by atoms with Gasteiger partial charge in [-0.15, -0.1) is 0 Å². The second-order valence-corrected chi connectivity index (χ2v) is 4.99. The molecule has 2 nitrogen and oxygen atoms in total. The number of hydrogen-bond donors (Lipinski definition) is 1. The Morgan fingerprint density at radius 2 is 2.43 bits per heavy atom. The molecule has 40 valence electrons. The fraction of sp³-hybridized carbons (Fsp3) is 0.667. The fourth-order valence-electron chi connectivity index (χ4n) is 0.354. The molecule has 0 bridgehead atoms. The third-order valence-corrected chi connectivity index (χ3v) is 1.63. The number of rotatable bonds is 0. The van der Waals surface area contributed by atoms with Crippen LogP contribution in [0.2, 0.25) is 0 Å². The van der Waals surface area contributed by atoms with Gasteiger partial charge in [-0.2, -0.15) is 0 Å². The average Bonchev–Trinajstić information content (AvgIpc) is 1.84. The molecule has 0 aromatic rings. The third-order valence-electron chi connectivity index (χ3n) is 0.659. The van der Waals surface area contributed by atoms with Crippen LogP contribution in [0.5, 0.6) is 0 Å². The zero-order chi connectivity index (χ0) is 5.33. The molecule has 0 saturated carbocycles. The molecule has 0 saturated heterocycles. The van der Waals surface area contributed by atoms with E-state index in [2.05, 4.69) is 42.2 Å². The average molecular weight is 228 g/mol. The van der Waals surface area contributed by atoms with Gasteiger partial charge in [0.2, 0.25) is 0 Å². The lowest BCUT2D eigenvalue weighted by molar-refractivity contribution is 0.888. The van der Waals surface area contributed by atoms with E-state index in [4.69, 9.17) is 0 Å². The molecule has 1 rings (SSSR count). The highest BCUT2D eigenvalue weighted by atomic mass is 79.9. The van der Waals surface area contributed by atoms with Crippen molar-refractivity contribution in [3.63, 3.8) is 0 Å². The molecule has 1 N–H and O–H groups in total. The molecule has 0 aromatic carbocycles. The summed E-state index contributed by atoms with van der Waals surface area (Å²) in [6, 6.07) is 0. The Kier molecular flexibility index (Phi) is 1.39. The van der Waals surface area contributed by atoms with Crippen molar-refractivity contribution in [2.75, 3.05) is 6.54 Å². The van der Waals surface area contributed by atoms with Crippen molar-refractivity contribution in [1.82, 2.24) is 5.32 Å². The van der Waals surface area contributed by atoms with Crippen LogP contribution in [0.3, 0.4) is 0 Å². The van der Waals surface area contributed by atoms with Crippen LogP contribution in [-0.2, 0) is 0 Å². The van der Waals surface area contributed by atoms with Crippen LogP contribution in [0.15, 0.2) is 4.99 Å². The number of hydrogen-bond acceptors (Lipinski definition) is 2. The van der Waals surface area contributed by atoms with Gasteiger partial charge in [0.05, 0.1) is 12.9 Å². The topological polar surface area (TPSA) is 24.4 Å². The third kappa shape index (κ3) is 1.42. The number of halogens is 2. The van der Waals surface area contributed by atoms with Crippen molar-refractivity contribution < 1.29 is 0 Å². The van der Waals surface area contributed by atoms with Gasteiger partial charge in [0.25, 0.3) is 0 Å². The zero-order valence-corrected chi connectivity index (χ0v) is 6.66. The fourth-order valence-corrected chi connectivity index (χ4v) is 0.883. The molecule has 0 atom stereocenters. The molecule has 7 heavy (non-hydrogen) atoms. The quantitative estimate of drug-likeness (QED) is 0.486. The van der Waals surface area contributed by atoms with Gasteiger partial charge in [0.1, 0.15) is 0 Å². The maximum atomic E-state index is 3.97. The Balaban J connectivity index is 2.57. The van der Waals surface area contributed by atoms with Crippen LogP contribution < -0.4 is 5.32 Å². The standard InChI is InChI=1S/C3H4Br2N2/c4-3(5)1-6-2-7-3/h2H,1H2,(H,6,7). The van der Waals surface area contributed by atoms with Gasteiger partial charge in [-0.3, -0.25) is 0 Å². The highest BCUT2D eigenvalue weighted by Crippen LogP contribution is 2.27. The Morgan fingerprint density at radius 1 is 1.71 bits per heavy atom. The van der Waals surface area contributed by atoms with E-state index in [0.29, 0.717) is 0 Å². The maximum Gasteiger partial charge on any atom is 0.188 e. The lowest BCUT2D eigenvalue weighted by Crippen LogP contribution is -2.17. The van der Waals surface area contributed by atoms with E-state index in [1.54, 1.807) is 6.34 Å². The normalized spacial score (nSPS) is 24.9. The van der Waals surface area contributed by atoms with Crippen molar-refractivity contribution in [2.24, 2.45) is 4.99 Å². The van der Waals surface area contributed by atoms with E-state index in [0.717, 1.165) is 6.54 Å². The lowest BCUT2D eigenvalue weighted by Gasteiger charge is -2.04. The van der Waals surface area contributed by atoms with E-state index < -0.39 is 0 Å². The second-order valence-electron chi connectivity index (χ2n) is 1.30. The monoisotopic (exact) mass is 226 g/mol. The summed E-state index contributed by atoms with van der Waals surface area (Å²) < 4.78 is -0.222. The lowest BCUT2D eigenvalue weighted by atomic mass is 10.7. The molecule has 0 amide bonds.